The molecule has 0 aromatic heterocycles. The fourth-order valence-electron chi connectivity index (χ4n) is 0.755. The van der Waals surface area contributed by atoms with Gasteiger partial charge in [0.2, 0.25) is 0 Å². The number of carbonyl (C=O) groups excluding carboxylic acids is 1. The third kappa shape index (κ3) is 2.59. The molecule has 0 heterocycles. The van der Waals surface area contributed by atoms with E-state index < -0.39 is 5.91 Å². The van der Waals surface area contributed by atoms with E-state index in [2.05, 4.69) is 22.7 Å². The molecule has 13 heavy (non-hydrogen) atoms. The number of rotatable bonds is 2. The maximum absolute atomic E-state index is 11.1. The van der Waals surface area contributed by atoms with Gasteiger partial charge in [-0.25, -0.2) is 4.79 Å². The van der Waals surface area contributed by atoms with E-state index in [0.717, 1.165) is 0 Å². The zero-order valence-electron chi connectivity index (χ0n) is 6.20. The monoisotopic (exact) mass is 236 g/mol. The van der Waals surface area contributed by atoms with Crippen LogP contribution in [0.25, 0.3) is 0 Å². The molecule has 0 aliphatic carbocycles. The second-order valence-corrected chi connectivity index (χ2v) is 3.03. The van der Waals surface area contributed by atoms with Crippen molar-refractivity contribution < 1.29 is 9.08 Å². The van der Waals surface area contributed by atoms with Crippen LogP contribution in [0.1, 0.15) is 10.4 Å². The van der Waals surface area contributed by atoms with Crippen LogP contribution in [0.2, 0.25) is 10.0 Å². The van der Waals surface area contributed by atoms with E-state index in [1.807, 2.05) is 0 Å². The van der Waals surface area contributed by atoms with Crippen molar-refractivity contribution in [1.82, 2.24) is 5.48 Å². The first-order valence-corrected chi connectivity index (χ1v) is 4.29. The minimum Gasteiger partial charge on any atom is -0.208 e. The second-order valence-electron chi connectivity index (χ2n) is 2.08. The first-order chi connectivity index (χ1) is 6.16. The molecule has 0 aliphatic heterocycles. The predicted octanol–water partition coefficient (Wildman–Crippen LogP) is 2.51. The molecule has 3 nitrogen and oxygen atoms in total. The number of thiol groups is 1. The highest BCUT2D eigenvalue weighted by Gasteiger charge is 2.26. The van der Waals surface area contributed by atoms with Crippen LogP contribution >= 0.6 is 36.1 Å². The number of halogens is 2. The quantitative estimate of drug-likeness (QED) is 0.487. The van der Waals surface area contributed by atoms with Crippen molar-refractivity contribution in [3.63, 3.8) is 0 Å². The lowest BCUT2D eigenvalue weighted by molar-refractivity contribution is 0.0787. The van der Waals surface area contributed by atoms with Crippen molar-refractivity contribution in [3.05, 3.63) is 33.8 Å². The van der Waals surface area contributed by atoms with Crippen LogP contribution in [0, 0.1) is 0 Å². The van der Waals surface area contributed by atoms with Crippen molar-refractivity contribution in [1.29, 1.82) is 0 Å². The molecular weight excluding hydrogens is 233 g/mol. The topological polar surface area (TPSA) is 40.4 Å². The van der Waals surface area contributed by atoms with Gasteiger partial charge in [-0.05, 0) is 16.4 Å². The zero-order chi connectivity index (χ0) is 9.84. The van der Waals surface area contributed by atoms with Crippen LogP contribution in [0.5, 0.6) is 0 Å². The fourth-order valence-corrected chi connectivity index (χ4v) is 1.21. The Balaban J connectivity index is 3.01. The summed E-state index contributed by atoms with van der Waals surface area (Å²) in [5.74, 6) is -0.623. The highest BCUT2D eigenvalue weighted by Crippen LogP contribution is 2.25. The summed E-state index contributed by atoms with van der Waals surface area (Å²) < 4.78 is 4.02. The summed E-state index contributed by atoms with van der Waals surface area (Å²) in [5, 5.41) is 0.449. The molecule has 0 saturated heterocycles. The van der Waals surface area contributed by atoms with Gasteiger partial charge in [-0.1, -0.05) is 29.3 Å². The van der Waals surface area contributed by atoms with Gasteiger partial charge in [0.15, 0.2) is 0 Å². The average molecular weight is 237 g/mol. The van der Waals surface area contributed by atoms with Crippen LogP contribution in [0.4, 0.5) is 0 Å². The van der Waals surface area contributed by atoms with E-state index in [9.17, 15) is 4.79 Å². The number of amides is 1. The highest BCUT2D eigenvalue weighted by molar-refractivity contribution is 7.75. The number of carbonyl (C=O) groups is 1. The minimum absolute atomic E-state index is 0.156. The first kappa shape index (κ1) is 10.8. The first-order valence-electron chi connectivity index (χ1n) is 3.16. The Labute approximate surface area is 90.5 Å². The molecule has 2 radical (unpaired) electrons. The number of nitrogens with zero attached hydrogens (tertiary/aromatic N) is 1. The molecular formula is C7H4Cl2NO2S+. The Hall–Kier alpha value is -0.260. The van der Waals surface area contributed by atoms with E-state index in [0.29, 0.717) is 5.02 Å². The van der Waals surface area contributed by atoms with Crippen molar-refractivity contribution in [2.75, 3.05) is 0 Å². The summed E-state index contributed by atoms with van der Waals surface area (Å²) in [6, 6.07) is 4.66. The second kappa shape index (κ2) is 4.83. The lowest BCUT2D eigenvalue weighted by atomic mass is 10.2. The van der Waals surface area contributed by atoms with Gasteiger partial charge in [-0.15, -0.1) is 0 Å². The molecule has 0 fully saturated rings. The molecule has 0 bridgehead atoms. The van der Waals surface area contributed by atoms with Crippen molar-refractivity contribution >= 4 is 42.0 Å². The summed E-state index contributed by atoms with van der Waals surface area (Å²) in [7, 11) is 0. The van der Waals surface area contributed by atoms with E-state index in [1.165, 1.54) is 6.07 Å². The molecule has 0 atom stereocenters. The molecule has 1 rings (SSSR count). The smallest absolute Gasteiger partial charge is 0.208 e. The van der Waals surface area contributed by atoms with Gasteiger partial charge < -0.3 is 0 Å². The van der Waals surface area contributed by atoms with Crippen molar-refractivity contribution in [2.24, 2.45) is 0 Å². The third-order valence-electron chi connectivity index (χ3n) is 1.31. The maximum Gasteiger partial charge on any atom is 0.505 e. The molecule has 1 amide bonds. The van der Waals surface area contributed by atoms with Crippen molar-refractivity contribution in [3.8, 4) is 0 Å². The minimum atomic E-state index is -0.623. The molecule has 68 valence electrons. The lowest BCUT2D eigenvalue weighted by Gasteiger charge is -1.95. The average Bonchev–Trinajstić information content (AvgIpc) is 2.10. The summed E-state index contributed by atoms with van der Waals surface area (Å²) in [5.41, 5.74) is 3.26. The van der Waals surface area contributed by atoms with Gasteiger partial charge in [-0.3, -0.25) is 0 Å². The van der Waals surface area contributed by atoms with Gasteiger partial charge in [0.05, 0.1) is 23.0 Å². The molecule has 0 saturated carbocycles. The van der Waals surface area contributed by atoms with Gasteiger partial charge in [0, 0.05) is 0 Å². The Morgan fingerprint density at radius 3 is 2.77 bits per heavy atom. The number of hydroxylamine groups is 1. The number of hydrogen-bond acceptors (Lipinski definition) is 3. The van der Waals surface area contributed by atoms with Crippen LogP contribution in [0.15, 0.2) is 18.2 Å². The third-order valence-corrected chi connectivity index (χ3v) is 2.21. The Morgan fingerprint density at radius 1 is 1.46 bits per heavy atom. The highest BCUT2D eigenvalue weighted by atomic mass is 35.5. The number of benzene rings is 1. The van der Waals surface area contributed by atoms with Crippen LogP contribution in [-0.2, 0) is 4.28 Å². The molecule has 1 aromatic rings. The Morgan fingerprint density at radius 2 is 2.15 bits per heavy atom. The van der Waals surface area contributed by atoms with Gasteiger partial charge in [0.25, 0.3) is 0 Å². The van der Waals surface area contributed by atoms with E-state index in [4.69, 9.17) is 23.2 Å². The van der Waals surface area contributed by atoms with E-state index in [1.54, 1.807) is 12.1 Å². The summed E-state index contributed by atoms with van der Waals surface area (Å²) in [6.07, 6.45) is 0. The summed E-state index contributed by atoms with van der Waals surface area (Å²) in [4.78, 5) is 11.1. The maximum atomic E-state index is 11.1. The Bertz CT molecular complexity index is 332. The standard InChI is InChI=1S/C7H4Cl2NO2S/c8-5-3-1-2-4(6(5)9)7(11)10-12-13/h1-3,13H/q+1. The van der Waals surface area contributed by atoms with Gasteiger partial charge >= 0.3 is 11.4 Å². The summed E-state index contributed by atoms with van der Waals surface area (Å²) >= 11 is 14.7. The lowest BCUT2D eigenvalue weighted by Crippen LogP contribution is -2.12. The number of hydrogen-bond donors (Lipinski definition) is 1. The van der Waals surface area contributed by atoms with Crippen LogP contribution < -0.4 is 5.48 Å². The van der Waals surface area contributed by atoms with E-state index in [-0.39, 0.29) is 10.6 Å². The Kier molecular flexibility index (Phi) is 4.02. The SMILES string of the molecule is O=C([N+]OS)c1cccc(Cl)c1Cl. The fraction of sp³-hybridized carbons (Fsp3) is 0. The summed E-state index contributed by atoms with van der Waals surface area (Å²) in [6.45, 7) is 0. The molecule has 0 unspecified atom stereocenters. The van der Waals surface area contributed by atoms with Crippen molar-refractivity contribution in [2.45, 2.75) is 0 Å². The molecule has 0 N–H and O–H groups in total. The molecule has 6 heteroatoms. The predicted molar refractivity (Wildman–Crippen MR) is 53.0 cm³/mol. The molecule has 0 aliphatic rings. The largest absolute Gasteiger partial charge is 0.505 e. The zero-order valence-corrected chi connectivity index (χ0v) is 8.61. The molecule has 1 aromatic carbocycles. The molecule has 0 spiro atoms. The van der Waals surface area contributed by atoms with Gasteiger partial charge in [0.1, 0.15) is 5.56 Å². The van der Waals surface area contributed by atoms with E-state index >= 15 is 0 Å². The van der Waals surface area contributed by atoms with Crippen LogP contribution in [0.3, 0.4) is 0 Å². The van der Waals surface area contributed by atoms with Crippen LogP contribution in [-0.4, -0.2) is 5.91 Å². The van der Waals surface area contributed by atoms with Gasteiger partial charge in [-0.2, -0.15) is 0 Å². The normalized spacial score (nSPS) is 10.1.